The van der Waals surface area contributed by atoms with Gasteiger partial charge in [0, 0.05) is 10.6 Å². The first-order valence-corrected chi connectivity index (χ1v) is 6.94. The van der Waals surface area contributed by atoms with Gasteiger partial charge in [-0.05, 0) is 30.3 Å². The topological polar surface area (TPSA) is 70.2 Å². The standard InChI is InChI=1S/C15H11ClF3N3O2/c16-10-6-7-12(11(8-10)15(17,18)19)20-14(24)22-21-13(23)9-4-2-1-3-5-9/h1-8H,(H,21,23)(H2,20,22,24). The Balaban J connectivity index is 2.02. The summed E-state index contributed by atoms with van der Waals surface area (Å²) >= 11 is 5.54. The molecule has 24 heavy (non-hydrogen) atoms. The van der Waals surface area contributed by atoms with E-state index >= 15 is 0 Å². The van der Waals surface area contributed by atoms with Gasteiger partial charge in [-0.25, -0.2) is 10.2 Å². The summed E-state index contributed by atoms with van der Waals surface area (Å²) in [6.07, 6.45) is -4.69. The van der Waals surface area contributed by atoms with Gasteiger partial charge < -0.3 is 5.32 Å². The number of hydrogen-bond donors (Lipinski definition) is 3. The highest BCUT2D eigenvalue weighted by Gasteiger charge is 2.34. The van der Waals surface area contributed by atoms with E-state index in [0.29, 0.717) is 6.07 Å². The fourth-order valence-corrected chi connectivity index (χ4v) is 1.96. The number of hydrazine groups is 1. The van der Waals surface area contributed by atoms with Crippen LogP contribution in [0.4, 0.5) is 23.7 Å². The summed E-state index contributed by atoms with van der Waals surface area (Å²) in [5, 5.41) is 1.89. The zero-order valence-electron chi connectivity index (χ0n) is 11.9. The van der Waals surface area contributed by atoms with Crippen LogP contribution in [0.3, 0.4) is 0 Å². The highest BCUT2D eigenvalue weighted by molar-refractivity contribution is 6.30. The Morgan fingerprint density at radius 1 is 0.958 bits per heavy atom. The molecule has 5 nitrogen and oxygen atoms in total. The quantitative estimate of drug-likeness (QED) is 0.715. The van der Waals surface area contributed by atoms with E-state index in [1.54, 1.807) is 18.2 Å². The number of rotatable bonds is 2. The van der Waals surface area contributed by atoms with Gasteiger partial charge in [0.25, 0.3) is 5.91 Å². The third kappa shape index (κ3) is 4.63. The fraction of sp³-hybridized carbons (Fsp3) is 0.0667. The van der Waals surface area contributed by atoms with E-state index < -0.39 is 29.4 Å². The van der Waals surface area contributed by atoms with Crippen molar-refractivity contribution in [2.24, 2.45) is 0 Å². The maximum atomic E-state index is 12.9. The number of amides is 3. The molecule has 0 spiro atoms. The summed E-state index contributed by atoms with van der Waals surface area (Å²) in [7, 11) is 0. The van der Waals surface area contributed by atoms with Gasteiger partial charge in [-0.1, -0.05) is 29.8 Å². The smallest absolute Gasteiger partial charge is 0.306 e. The molecule has 0 unspecified atom stereocenters. The second kappa shape index (κ2) is 7.22. The molecule has 2 aromatic rings. The molecule has 0 saturated heterocycles. The zero-order chi connectivity index (χ0) is 17.7. The first-order chi connectivity index (χ1) is 11.3. The molecule has 2 rings (SSSR count). The van der Waals surface area contributed by atoms with Crippen molar-refractivity contribution in [1.29, 1.82) is 0 Å². The van der Waals surface area contributed by atoms with Gasteiger partial charge in [-0.2, -0.15) is 13.2 Å². The highest BCUT2D eigenvalue weighted by atomic mass is 35.5. The van der Waals surface area contributed by atoms with Crippen LogP contribution in [0.25, 0.3) is 0 Å². The van der Waals surface area contributed by atoms with Crippen LogP contribution in [0.15, 0.2) is 48.5 Å². The first kappa shape index (κ1) is 17.6. The van der Waals surface area contributed by atoms with Gasteiger partial charge in [0.2, 0.25) is 0 Å². The Kier molecular flexibility index (Phi) is 5.30. The molecule has 0 radical (unpaired) electrons. The van der Waals surface area contributed by atoms with E-state index in [2.05, 4.69) is 5.43 Å². The summed E-state index contributed by atoms with van der Waals surface area (Å²) in [6.45, 7) is 0. The molecule has 3 amide bonds. The largest absolute Gasteiger partial charge is 0.418 e. The first-order valence-electron chi connectivity index (χ1n) is 6.56. The Labute approximate surface area is 139 Å². The van der Waals surface area contributed by atoms with Crippen LogP contribution in [0.2, 0.25) is 5.02 Å². The van der Waals surface area contributed by atoms with Crippen LogP contribution >= 0.6 is 11.6 Å². The summed E-state index contributed by atoms with van der Waals surface area (Å²) < 4.78 is 38.7. The summed E-state index contributed by atoms with van der Waals surface area (Å²) in [5.41, 5.74) is 2.75. The molecule has 9 heteroatoms. The molecule has 2 aromatic carbocycles. The summed E-state index contributed by atoms with van der Waals surface area (Å²) in [4.78, 5) is 23.4. The molecule has 0 fully saturated rings. The van der Waals surface area contributed by atoms with Crippen LogP contribution in [0.1, 0.15) is 15.9 Å². The molecular weight excluding hydrogens is 347 g/mol. The van der Waals surface area contributed by atoms with Crippen molar-refractivity contribution >= 4 is 29.2 Å². The molecular formula is C15H11ClF3N3O2. The van der Waals surface area contributed by atoms with Gasteiger partial charge in [-0.3, -0.25) is 10.2 Å². The molecule has 0 saturated carbocycles. The molecule has 0 aromatic heterocycles. The number of benzene rings is 2. The minimum atomic E-state index is -4.69. The van der Waals surface area contributed by atoms with Crippen molar-refractivity contribution in [3.8, 4) is 0 Å². The van der Waals surface area contributed by atoms with Crippen LogP contribution < -0.4 is 16.2 Å². The van der Waals surface area contributed by atoms with Crippen LogP contribution in [-0.4, -0.2) is 11.9 Å². The minimum absolute atomic E-state index is 0.120. The van der Waals surface area contributed by atoms with Gasteiger partial charge in [0.15, 0.2) is 0 Å². The lowest BCUT2D eigenvalue weighted by atomic mass is 10.1. The van der Waals surface area contributed by atoms with Crippen molar-refractivity contribution < 1.29 is 22.8 Å². The van der Waals surface area contributed by atoms with E-state index in [4.69, 9.17) is 11.6 Å². The van der Waals surface area contributed by atoms with Gasteiger partial charge in [-0.15, -0.1) is 0 Å². The Morgan fingerprint density at radius 3 is 2.25 bits per heavy atom. The van der Waals surface area contributed by atoms with Crippen LogP contribution in [0, 0.1) is 0 Å². The lowest BCUT2D eigenvalue weighted by Crippen LogP contribution is -2.44. The minimum Gasteiger partial charge on any atom is -0.306 e. The van der Waals surface area contributed by atoms with E-state index in [1.165, 1.54) is 18.2 Å². The van der Waals surface area contributed by atoms with Gasteiger partial charge >= 0.3 is 12.2 Å². The molecule has 0 aliphatic carbocycles. The molecule has 0 bridgehead atoms. The SMILES string of the molecule is O=C(NNC(=O)c1ccccc1)Nc1ccc(Cl)cc1C(F)(F)F. The maximum Gasteiger partial charge on any atom is 0.418 e. The van der Waals surface area contributed by atoms with E-state index in [9.17, 15) is 22.8 Å². The molecule has 0 aliphatic rings. The van der Waals surface area contributed by atoms with E-state index in [0.717, 1.165) is 6.07 Å². The summed E-state index contributed by atoms with van der Waals surface area (Å²) in [5.74, 6) is -0.613. The predicted molar refractivity (Wildman–Crippen MR) is 82.5 cm³/mol. The third-order valence-corrected chi connectivity index (χ3v) is 3.10. The second-order valence-corrected chi connectivity index (χ2v) is 5.02. The molecule has 0 heterocycles. The fourth-order valence-electron chi connectivity index (χ4n) is 1.79. The lowest BCUT2D eigenvalue weighted by Gasteiger charge is -2.15. The van der Waals surface area contributed by atoms with Gasteiger partial charge in [0.1, 0.15) is 0 Å². The Morgan fingerprint density at radius 2 is 1.62 bits per heavy atom. The molecule has 0 atom stereocenters. The van der Waals surface area contributed by atoms with Crippen molar-refractivity contribution in [3.05, 3.63) is 64.7 Å². The Bertz CT molecular complexity index is 751. The van der Waals surface area contributed by atoms with Crippen molar-refractivity contribution in [2.45, 2.75) is 6.18 Å². The van der Waals surface area contributed by atoms with Crippen molar-refractivity contribution in [1.82, 2.24) is 10.9 Å². The van der Waals surface area contributed by atoms with E-state index in [-0.39, 0.29) is 10.6 Å². The van der Waals surface area contributed by atoms with E-state index in [1.807, 2.05) is 10.7 Å². The van der Waals surface area contributed by atoms with Crippen molar-refractivity contribution in [2.75, 3.05) is 5.32 Å². The Hall–Kier alpha value is -2.74. The third-order valence-electron chi connectivity index (χ3n) is 2.86. The highest BCUT2D eigenvalue weighted by Crippen LogP contribution is 2.36. The van der Waals surface area contributed by atoms with Crippen LogP contribution in [0.5, 0.6) is 0 Å². The number of hydrogen-bond acceptors (Lipinski definition) is 2. The summed E-state index contributed by atoms with van der Waals surface area (Å²) in [6, 6.07) is 9.85. The van der Waals surface area contributed by atoms with Crippen molar-refractivity contribution in [3.63, 3.8) is 0 Å². The van der Waals surface area contributed by atoms with Crippen LogP contribution in [-0.2, 0) is 6.18 Å². The number of carbonyl (C=O) groups excluding carboxylic acids is 2. The number of alkyl halides is 3. The zero-order valence-corrected chi connectivity index (χ0v) is 12.7. The average Bonchev–Trinajstić information content (AvgIpc) is 2.54. The maximum absolute atomic E-state index is 12.9. The monoisotopic (exact) mass is 357 g/mol. The predicted octanol–water partition coefficient (Wildman–Crippen LogP) is 3.83. The lowest BCUT2D eigenvalue weighted by molar-refractivity contribution is -0.136. The molecule has 0 aliphatic heterocycles. The second-order valence-electron chi connectivity index (χ2n) is 4.59. The normalized spacial score (nSPS) is 10.8. The number of nitrogens with one attached hydrogen (secondary N) is 3. The van der Waals surface area contributed by atoms with Gasteiger partial charge in [0.05, 0.1) is 11.3 Å². The average molecular weight is 358 g/mol. The number of anilines is 1. The molecule has 3 N–H and O–H groups in total. The number of halogens is 4. The number of urea groups is 1. The number of carbonyl (C=O) groups is 2. The molecule has 126 valence electrons.